The van der Waals surface area contributed by atoms with Crippen LogP contribution in [-0.4, -0.2) is 12.5 Å². The molecule has 1 N–H and O–H groups in total. The van der Waals surface area contributed by atoms with Crippen molar-refractivity contribution in [1.29, 1.82) is 0 Å². The number of halogens is 1. The fourth-order valence-electron chi connectivity index (χ4n) is 1.01. The summed E-state index contributed by atoms with van der Waals surface area (Å²) in [7, 11) is 0. The predicted molar refractivity (Wildman–Crippen MR) is 54.1 cm³/mol. The van der Waals surface area contributed by atoms with Gasteiger partial charge in [-0.25, -0.2) is 4.39 Å². The van der Waals surface area contributed by atoms with E-state index in [2.05, 4.69) is 5.32 Å². The maximum atomic E-state index is 13.0. The van der Waals surface area contributed by atoms with E-state index < -0.39 is 0 Å². The molecule has 0 aliphatic carbocycles. The first-order valence-corrected chi connectivity index (χ1v) is 4.44. The van der Waals surface area contributed by atoms with Crippen molar-refractivity contribution in [3.8, 4) is 0 Å². The van der Waals surface area contributed by atoms with Crippen LogP contribution in [0.1, 0.15) is 12.5 Å². The predicted octanol–water partition coefficient (Wildman–Crippen LogP) is 1.98. The number of hydrogen-bond acceptors (Lipinski definition) is 1. The Morgan fingerprint density at radius 2 is 2.21 bits per heavy atom. The van der Waals surface area contributed by atoms with Gasteiger partial charge in [0, 0.05) is 18.2 Å². The standard InChI is InChI=1S/C11H12FNO/c1-2-13-11(14)8-7-9-5-3-4-6-10(9)12/h3-8H,2H2,1H3,(H,13,14). The van der Waals surface area contributed by atoms with Crippen LogP contribution in [0.15, 0.2) is 30.3 Å². The maximum Gasteiger partial charge on any atom is 0.243 e. The van der Waals surface area contributed by atoms with E-state index >= 15 is 0 Å². The molecule has 0 fully saturated rings. The molecule has 0 bridgehead atoms. The summed E-state index contributed by atoms with van der Waals surface area (Å²) in [5, 5.41) is 2.59. The zero-order valence-electron chi connectivity index (χ0n) is 7.96. The smallest absolute Gasteiger partial charge is 0.243 e. The summed E-state index contributed by atoms with van der Waals surface area (Å²) in [6, 6.07) is 6.31. The second-order valence-corrected chi connectivity index (χ2v) is 2.75. The number of rotatable bonds is 3. The van der Waals surface area contributed by atoms with Gasteiger partial charge < -0.3 is 5.32 Å². The molecule has 2 nitrogen and oxygen atoms in total. The Bertz CT molecular complexity index is 347. The number of hydrogen-bond donors (Lipinski definition) is 1. The largest absolute Gasteiger partial charge is 0.353 e. The molecule has 1 aromatic carbocycles. The van der Waals surface area contributed by atoms with E-state index in [1.807, 2.05) is 6.92 Å². The fourth-order valence-corrected chi connectivity index (χ4v) is 1.01. The Morgan fingerprint density at radius 3 is 2.86 bits per heavy atom. The third kappa shape index (κ3) is 3.01. The fraction of sp³-hybridized carbons (Fsp3) is 0.182. The average molecular weight is 193 g/mol. The summed E-state index contributed by atoms with van der Waals surface area (Å²) in [6.07, 6.45) is 2.78. The summed E-state index contributed by atoms with van der Waals surface area (Å²) in [4.78, 5) is 11.0. The summed E-state index contributed by atoms with van der Waals surface area (Å²) in [5.74, 6) is -0.538. The zero-order chi connectivity index (χ0) is 10.4. The van der Waals surface area contributed by atoms with Gasteiger partial charge in [0.15, 0.2) is 0 Å². The Morgan fingerprint density at radius 1 is 1.50 bits per heavy atom. The van der Waals surface area contributed by atoms with E-state index in [1.165, 1.54) is 18.2 Å². The number of carbonyl (C=O) groups excluding carboxylic acids is 1. The summed E-state index contributed by atoms with van der Waals surface area (Å²) < 4.78 is 13.0. The van der Waals surface area contributed by atoms with Gasteiger partial charge in [-0.1, -0.05) is 18.2 Å². The number of carbonyl (C=O) groups is 1. The number of likely N-dealkylation sites (N-methyl/N-ethyl adjacent to an activating group) is 1. The Hall–Kier alpha value is -1.64. The van der Waals surface area contributed by atoms with Crippen molar-refractivity contribution in [1.82, 2.24) is 5.32 Å². The van der Waals surface area contributed by atoms with Crippen LogP contribution >= 0.6 is 0 Å². The van der Waals surface area contributed by atoms with E-state index in [-0.39, 0.29) is 11.7 Å². The first kappa shape index (κ1) is 10.4. The number of benzene rings is 1. The Labute approximate surface area is 82.4 Å². The molecule has 0 radical (unpaired) electrons. The summed E-state index contributed by atoms with van der Waals surface area (Å²) >= 11 is 0. The van der Waals surface area contributed by atoms with Gasteiger partial charge in [0.2, 0.25) is 5.91 Å². The van der Waals surface area contributed by atoms with Gasteiger partial charge in [0.25, 0.3) is 0 Å². The molecule has 0 atom stereocenters. The van der Waals surface area contributed by atoms with Crippen molar-refractivity contribution < 1.29 is 9.18 Å². The highest BCUT2D eigenvalue weighted by molar-refractivity contribution is 5.91. The molecule has 0 unspecified atom stereocenters. The Kier molecular flexibility index (Phi) is 3.85. The molecule has 0 aliphatic rings. The van der Waals surface area contributed by atoms with Crippen molar-refractivity contribution in [2.24, 2.45) is 0 Å². The van der Waals surface area contributed by atoms with Crippen LogP contribution < -0.4 is 5.32 Å². The second kappa shape index (κ2) is 5.17. The van der Waals surface area contributed by atoms with Gasteiger partial charge in [-0.2, -0.15) is 0 Å². The third-order valence-corrected chi connectivity index (χ3v) is 1.67. The van der Waals surface area contributed by atoms with Crippen LogP contribution in [0, 0.1) is 5.82 Å². The van der Waals surface area contributed by atoms with Gasteiger partial charge in [-0.05, 0) is 19.1 Å². The first-order valence-electron chi connectivity index (χ1n) is 4.44. The van der Waals surface area contributed by atoms with Crippen LogP contribution in [0.2, 0.25) is 0 Å². The number of amides is 1. The van der Waals surface area contributed by atoms with Gasteiger partial charge in [0.05, 0.1) is 0 Å². The van der Waals surface area contributed by atoms with E-state index in [4.69, 9.17) is 0 Å². The quantitative estimate of drug-likeness (QED) is 0.730. The minimum Gasteiger partial charge on any atom is -0.353 e. The molecule has 0 aliphatic heterocycles. The van der Waals surface area contributed by atoms with E-state index in [1.54, 1.807) is 18.2 Å². The molecular formula is C11H12FNO. The van der Waals surface area contributed by atoms with Gasteiger partial charge in [-0.15, -0.1) is 0 Å². The van der Waals surface area contributed by atoms with Gasteiger partial charge in [-0.3, -0.25) is 4.79 Å². The monoisotopic (exact) mass is 193 g/mol. The molecule has 1 rings (SSSR count). The lowest BCUT2D eigenvalue weighted by atomic mass is 10.2. The summed E-state index contributed by atoms with van der Waals surface area (Å²) in [5.41, 5.74) is 0.416. The highest BCUT2D eigenvalue weighted by Crippen LogP contribution is 2.07. The molecule has 0 aromatic heterocycles. The normalized spacial score (nSPS) is 10.4. The van der Waals surface area contributed by atoms with E-state index in [0.717, 1.165) is 0 Å². The molecule has 0 saturated carbocycles. The first-order chi connectivity index (χ1) is 6.74. The highest BCUT2D eigenvalue weighted by Gasteiger charge is 1.96. The van der Waals surface area contributed by atoms with E-state index in [9.17, 15) is 9.18 Å². The SMILES string of the molecule is CCNC(=O)C=Cc1ccccc1F. The van der Waals surface area contributed by atoms with Crippen molar-refractivity contribution in [2.45, 2.75) is 6.92 Å². The van der Waals surface area contributed by atoms with Crippen LogP contribution in [0.5, 0.6) is 0 Å². The lowest BCUT2D eigenvalue weighted by Gasteiger charge is -1.96. The van der Waals surface area contributed by atoms with Crippen molar-refractivity contribution in [3.05, 3.63) is 41.7 Å². The van der Waals surface area contributed by atoms with Crippen LogP contribution in [0.3, 0.4) is 0 Å². The molecule has 1 amide bonds. The molecule has 1 aromatic rings. The third-order valence-electron chi connectivity index (χ3n) is 1.67. The molecule has 14 heavy (non-hydrogen) atoms. The van der Waals surface area contributed by atoms with Crippen molar-refractivity contribution >= 4 is 12.0 Å². The minimum atomic E-state index is -0.326. The zero-order valence-corrected chi connectivity index (χ0v) is 7.96. The minimum absolute atomic E-state index is 0.212. The topological polar surface area (TPSA) is 29.1 Å². The van der Waals surface area contributed by atoms with Gasteiger partial charge in [0.1, 0.15) is 5.82 Å². The van der Waals surface area contributed by atoms with Crippen LogP contribution in [-0.2, 0) is 4.79 Å². The lowest BCUT2D eigenvalue weighted by molar-refractivity contribution is -0.116. The van der Waals surface area contributed by atoms with Crippen LogP contribution in [0.4, 0.5) is 4.39 Å². The highest BCUT2D eigenvalue weighted by atomic mass is 19.1. The lowest BCUT2D eigenvalue weighted by Crippen LogP contribution is -2.19. The average Bonchev–Trinajstić information content (AvgIpc) is 2.17. The molecular weight excluding hydrogens is 181 g/mol. The maximum absolute atomic E-state index is 13.0. The van der Waals surface area contributed by atoms with Gasteiger partial charge >= 0.3 is 0 Å². The Balaban J connectivity index is 2.69. The molecule has 0 spiro atoms. The summed E-state index contributed by atoms with van der Waals surface area (Å²) in [6.45, 7) is 2.40. The van der Waals surface area contributed by atoms with Crippen molar-refractivity contribution in [2.75, 3.05) is 6.54 Å². The molecule has 3 heteroatoms. The molecule has 0 heterocycles. The molecule has 74 valence electrons. The van der Waals surface area contributed by atoms with Crippen LogP contribution in [0.25, 0.3) is 6.08 Å². The molecule has 0 saturated heterocycles. The second-order valence-electron chi connectivity index (χ2n) is 2.75. The van der Waals surface area contributed by atoms with Crippen molar-refractivity contribution in [3.63, 3.8) is 0 Å². The number of nitrogens with one attached hydrogen (secondary N) is 1. The van der Waals surface area contributed by atoms with E-state index in [0.29, 0.717) is 12.1 Å².